The molecule has 0 bridgehead atoms. The van der Waals surface area contributed by atoms with Crippen LogP contribution in [0.25, 0.3) is 33.2 Å². The van der Waals surface area contributed by atoms with Gasteiger partial charge in [-0.25, -0.2) is 0 Å². The molecule has 0 saturated carbocycles. The van der Waals surface area contributed by atoms with Crippen molar-refractivity contribution in [3.63, 3.8) is 0 Å². The molecule has 5 nitrogen and oxygen atoms in total. The first kappa shape index (κ1) is 23.4. The Labute approximate surface area is 199 Å². The summed E-state index contributed by atoms with van der Waals surface area (Å²) >= 11 is 0. The SMILES string of the molecule is COc1c(OC)c(OC)c2c(=O)c(-c3ccc(-c4ccccc4)cc3)c(C)oc2c1CC(C)C. The third kappa shape index (κ3) is 4.03. The third-order valence-corrected chi connectivity index (χ3v) is 5.98. The molecule has 5 heteroatoms. The number of fused-ring (bicyclic) bond motifs is 1. The van der Waals surface area contributed by atoms with Gasteiger partial charge in [0.1, 0.15) is 16.7 Å². The molecule has 0 fully saturated rings. The Balaban J connectivity index is 1.99. The molecule has 34 heavy (non-hydrogen) atoms. The predicted octanol–water partition coefficient (Wildman–Crippen LogP) is 6.66. The number of methoxy groups -OCH3 is 3. The van der Waals surface area contributed by atoms with Crippen LogP contribution < -0.4 is 19.6 Å². The average Bonchev–Trinajstić information content (AvgIpc) is 2.84. The van der Waals surface area contributed by atoms with Crippen molar-refractivity contribution in [2.45, 2.75) is 27.2 Å². The number of ether oxygens (including phenoxy) is 3. The Morgan fingerprint density at radius 1 is 0.765 bits per heavy atom. The zero-order valence-electron chi connectivity index (χ0n) is 20.5. The molecular formula is C29H30O5. The monoisotopic (exact) mass is 458 g/mol. The Kier molecular flexibility index (Phi) is 6.64. The molecule has 4 aromatic rings. The molecule has 0 saturated heterocycles. The fraction of sp³-hybridized carbons (Fsp3) is 0.276. The molecule has 0 aliphatic rings. The minimum absolute atomic E-state index is 0.158. The van der Waals surface area contributed by atoms with E-state index in [4.69, 9.17) is 18.6 Å². The van der Waals surface area contributed by atoms with E-state index in [9.17, 15) is 4.79 Å². The van der Waals surface area contributed by atoms with E-state index in [1.165, 1.54) is 7.11 Å². The summed E-state index contributed by atoms with van der Waals surface area (Å²) in [6.07, 6.45) is 0.660. The van der Waals surface area contributed by atoms with Gasteiger partial charge in [0.15, 0.2) is 11.5 Å². The largest absolute Gasteiger partial charge is 0.492 e. The highest BCUT2D eigenvalue weighted by Crippen LogP contribution is 2.47. The van der Waals surface area contributed by atoms with Gasteiger partial charge < -0.3 is 18.6 Å². The van der Waals surface area contributed by atoms with Crippen LogP contribution in [0.2, 0.25) is 0 Å². The summed E-state index contributed by atoms with van der Waals surface area (Å²) in [6, 6.07) is 18.1. The highest BCUT2D eigenvalue weighted by molar-refractivity contribution is 5.95. The molecule has 0 aliphatic carbocycles. The van der Waals surface area contributed by atoms with E-state index in [0.717, 1.165) is 22.3 Å². The van der Waals surface area contributed by atoms with Gasteiger partial charge in [0.25, 0.3) is 0 Å². The number of aryl methyl sites for hydroxylation is 1. The molecule has 4 rings (SSSR count). The van der Waals surface area contributed by atoms with Crippen LogP contribution in [-0.2, 0) is 6.42 Å². The summed E-state index contributed by atoms with van der Waals surface area (Å²) in [6.45, 7) is 6.04. The van der Waals surface area contributed by atoms with Gasteiger partial charge in [-0.15, -0.1) is 0 Å². The molecule has 1 aromatic heterocycles. The highest BCUT2D eigenvalue weighted by atomic mass is 16.5. The third-order valence-electron chi connectivity index (χ3n) is 5.98. The summed E-state index contributed by atoms with van der Waals surface area (Å²) in [5, 5.41) is 0.364. The van der Waals surface area contributed by atoms with Crippen LogP contribution in [0.15, 0.2) is 63.8 Å². The maximum Gasteiger partial charge on any atom is 0.204 e. The Morgan fingerprint density at radius 2 is 1.32 bits per heavy atom. The van der Waals surface area contributed by atoms with Crippen LogP contribution in [0.4, 0.5) is 0 Å². The zero-order valence-corrected chi connectivity index (χ0v) is 20.5. The van der Waals surface area contributed by atoms with Crippen molar-refractivity contribution in [1.29, 1.82) is 0 Å². The second-order valence-corrected chi connectivity index (χ2v) is 8.69. The predicted molar refractivity (Wildman–Crippen MR) is 136 cm³/mol. The fourth-order valence-electron chi connectivity index (χ4n) is 4.50. The van der Waals surface area contributed by atoms with Crippen LogP contribution in [-0.4, -0.2) is 21.3 Å². The van der Waals surface area contributed by atoms with Crippen LogP contribution in [0.3, 0.4) is 0 Å². The summed E-state index contributed by atoms with van der Waals surface area (Å²) < 4.78 is 23.4. The van der Waals surface area contributed by atoms with Gasteiger partial charge in [-0.05, 0) is 36.0 Å². The molecule has 0 aliphatic heterocycles. The van der Waals surface area contributed by atoms with Crippen LogP contribution in [0, 0.1) is 12.8 Å². The summed E-state index contributed by atoms with van der Waals surface area (Å²) in [5.74, 6) is 2.10. The van der Waals surface area contributed by atoms with Crippen molar-refractivity contribution in [2.24, 2.45) is 5.92 Å². The molecule has 0 N–H and O–H groups in total. The van der Waals surface area contributed by atoms with Crippen LogP contribution in [0.1, 0.15) is 25.2 Å². The molecule has 0 unspecified atom stereocenters. The first-order chi connectivity index (χ1) is 16.4. The van der Waals surface area contributed by atoms with E-state index < -0.39 is 0 Å². The van der Waals surface area contributed by atoms with Crippen molar-refractivity contribution in [1.82, 2.24) is 0 Å². The highest BCUT2D eigenvalue weighted by Gasteiger charge is 2.28. The quantitative estimate of drug-likeness (QED) is 0.310. The topological polar surface area (TPSA) is 57.9 Å². The molecule has 3 aromatic carbocycles. The molecular weight excluding hydrogens is 428 g/mol. The second-order valence-electron chi connectivity index (χ2n) is 8.69. The van der Waals surface area contributed by atoms with E-state index in [1.807, 2.05) is 49.4 Å². The molecule has 0 spiro atoms. The minimum atomic E-state index is -0.158. The van der Waals surface area contributed by atoms with Crippen molar-refractivity contribution >= 4 is 11.0 Å². The standard InChI is InChI=1S/C29H30O5/c1-17(2)16-22-26-24(28(32-5)29(33-6)27(22)31-4)25(30)23(18(3)34-26)21-14-12-20(13-15-21)19-10-8-7-9-11-19/h7-15,17H,16H2,1-6H3. The molecule has 0 amide bonds. The lowest BCUT2D eigenvalue weighted by atomic mass is 9.95. The zero-order chi connectivity index (χ0) is 24.4. The van der Waals surface area contributed by atoms with Gasteiger partial charge in [0, 0.05) is 5.56 Å². The number of benzene rings is 3. The van der Waals surface area contributed by atoms with Crippen molar-refractivity contribution in [3.05, 3.63) is 76.1 Å². The average molecular weight is 459 g/mol. The first-order valence-corrected chi connectivity index (χ1v) is 11.3. The van der Waals surface area contributed by atoms with Gasteiger partial charge in [-0.3, -0.25) is 4.79 Å². The Hall–Kier alpha value is -3.73. The summed E-state index contributed by atoms with van der Waals surface area (Å²) in [5.41, 5.74) is 4.62. The van der Waals surface area contributed by atoms with Gasteiger partial charge in [-0.2, -0.15) is 0 Å². The number of hydrogen-bond acceptors (Lipinski definition) is 5. The van der Waals surface area contributed by atoms with Crippen molar-refractivity contribution in [3.8, 4) is 39.5 Å². The lowest BCUT2D eigenvalue weighted by Crippen LogP contribution is -2.12. The molecule has 0 radical (unpaired) electrons. The lowest BCUT2D eigenvalue weighted by Gasteiger charge is -2.20. The van der Waals surface area contributed by atoms with E-state index in [0.29, 0.717) is 51.9 Å². The second kappa shape index (κ2) is 9.64. The Morgan fingerprint density at radius 3 is 1.88 bits per heavy atom. The van der Waals surface area contributed by atoms with E-state index in [1.54, 1.807) is 14.2 Å². The fourth-order valence-corrected chi connectivity index (χ4v) is 4.50. The van der Waals surface area contributed by atoms with Crippen LogP contribution >= 0.6 is 0 Å². The van der Waals surface area contributed by atoms with Gasteiger partial charge in [-0.1, -0.05) is 68.4 Å². The molecule has 1 heterocycles. The summed E-state index contributed by atoms with van der Waals surface area (Å²) in [4.78, 5) is 14.0. The van der Waals surface area contributed by atoms with Crippen molar-refractivity contribution < 1.29 is 18.6 Å². The van der Waals surface area contributed by atoms with Gasteiger partial charge in [0.05, 0.1) is 26.9 Å². The normalized spacial score (nSPS) is 11.1. The Bertz CT molecular complexity index is 1370. The molecule has 0 atom stereocenters. The number of rotatable bonds is 7. The maximum atomic E-state index is 14.0. The van der Waals surface area contributed by atoms with E-state index in [2.05, 4.69) is 26.0 Å². The van der Waals surface area contributed by atoms with Crippen molar-refractivity contribution in [2.75, 3.05) is 21.3 Å². The summed E-state index contributed by atoms with van der Waals surface area (Å²) in [7, 11) is 4.65. The lowest BCUT2D eigenvalue weighted by molar-refractivity contribution is 0.323. The first-order valence-electron chi connectivity index (χ1n) is 11.3. The van der Waals surface area contributed by atoms with Crippen LogP contribution in [0.5, 0.6) is 17.2 Å². The molecule has 176 valence electrons. The number of hydrogen-bond donors (Lipinski definition) is 0. The van der Waals surface area contributed by atoms with Gasteiger partial charge >= 0.3 is 0 Å². The smallest absolute Gasteiger partial charge is 0.204 e. The minimum Gasteiger partial charge on any atom is -0.492 e. The maximum absolute atomic E-state index is 14.0. The van der Waals surface area contributed by atoms with E-state index in [-0.39, 0.29) is 5.43 Å². The van der Waals surface area contributed by atoms with Gasteiger partial charge in [0.2, 0.25) is 11.2 Å². The van der Waals surface area contributed by atoms with E-state index >= 15 is 0 Å².